The van der Waals surface area contributed by atoms with E-state index in [1.165, 1.54) is 16.2 Å². The Morgan fingerprint density at radius 1 is 1.07 bits per heavy atom. The number of ether oxygens (including phenoxy) is 1. The number of nitrogens with zero attached hydrogens (tertiary/aromatic N) is 1. The molecule has 0 fully saturated rings. The van der Waals surface area contributed by atoms with Crippen LogP contribution in [0.4, 0.5) is 0 Å². The minimum Gasteiger partial charge on any atom is -0.497 e. The van der Waals surface area contributed by atoms with E-state index >= 15 is 0 Å². The number of carbonyl (C=O) groups excluding carboxylic acids is 1. The smallest absolute Gasteiger partial charge is 0.268 e. The molecule has 152 valence electrons. The number of methoxy groups -OCH3 is 1. The molecule has 0 spiro atoms. The van der Waals surface area contributed by atoms with Crippen LogP contribution in [-0.4, -0.2) is 17.6 Å². The van der Waals surface area contributed by atoms with Crippen molar-refractivity contribution in [3.05, 3.63) is 100.0 Å². The van der Waals surface area contributed by atoms with E-state index in [9.17, 15) is 9.59 Å². The molecule has 0 saturated heterocycles. The Labute approximate surface area is 175 Å². The number of pyridine rings is 1. The monoisotopic (exact) mass is 400 g/mol. The molecule has 4 rings (SSSR count). The lowest BCUT2D eigenvalue weighted by Crippen LogP contribution is -2.34. The van der Waals surface area contributed by atoms with E-state index < -0.39 is 0 Å². The zero-order valence-electron chi connectivity index (χ0n) is 16.9. The van der Waals surface area contributed by atoms with Gasteiger partial charge < -0.3 is 10.1 Å². The third-order valence-electron chi connectivity index (χ3n) is 5.41. The number of amides is 1. The van der Waals surface area contributed by atoms with Gasteiger partial charge in [-0.25, -0.2) is 0 Å². The number of hydrogen-bond acceptors (Lipinski definition) is 3. The Bertz CT molecular complexity index is 1130. The summed E-state index contributed by atoms with van der Waals surface area (Å²) in [5, 5.41) is 3.15. The highest BCUT2D eigenvalue weighted by molar-refractivity contribution is 6.18. The predicted octanol–water partition coefficient (Wildman–Crippen LogP) is 4.05. The Balaban J connectivity index is 1.69. The highest BCUT2D eigenvalue weighted by atomic mass is 16.5. The van der Waals surface area contributed by atoms with Gasteiger partial charge in [0.15, 0.2) is 0 Å². The molecular weight excluding hydrogens is 376 g/mol. The molecule has 0 radical (unpaired) electrons. The lowest BCUT2D eigenvalue weighted by molar-refractivity contribution is -0.116. The van der Waals surface area contributed by atoms with Crippen molar-refractivity contribution in [3.8, 4) is 5.75 Å². The molecule has 1 amide bonds. The molecule has 1 heterocycles. The molecule has 5 nitrogen and oxygen atoms in total. The molecule has 0 bridgehead atoms. The maximum atomic E-state index is 13.3. The quantitative estimate of drug-likeness (QED) is 0.658. The van der Waals surface area contributed by atoms with Crippen LogP contribution >= 0.6 is 0 Å². The van der Waals surface area contributed by atoms with Gasteiger partial charge in [0, 0.05) is 12.3 Å². The van der Waals surface area contributed by atoms with Crippen LogP contribution in [0.2, 0.25) is 0 Å². The molecule has 1 aliphatic carbocycles. The van der Waals surface area contributed by atoms with Gasteiger partial charge in [-0.15, -0.1) is 0 Å². The van der Waals surface area contributed by atoms with Gasteiger partial charge in [0.05, 0.1) is 13.2 Å². The summed E-state index contributed by atoms with van der Waals surface area (Å²) < 4.78 is 6.59. The third-order valence-corrected chi connectivity index (χ3v) is 5.41. The van der Waals surface area contributed by atoms with Gasteiger partial charge in [0.1, 0.15) is 11.4 Å². The van der Waals surface area contributed by atoms with E-state index in [2.05, 4.69) is 17.4 Å². The molecule has 1 N–H and O–H groups in total. The van der Waals surface area contributed by atoms with Crippen LogP contribution in [0.25, 0.3) is 11.8 Å². The molecule has 1 unspecified atom stereocenters. The Hall–Kier alpha value is -3.60. The zero-order valence-corrected chi connectivity index (χ0v) is 16.9. The van der Waals surface area contributed by atoms with Crippen molar-refractivity contribution in [2.45, 2.75) is 25.3 Å². The first-order valence-electron chi connectivity index (χ1n) is 10.1. The predicted molar refractivity (Wildman–Crippen MR) is 118 cm³/mol. The number of aromatic nitrogens is 1. The van der Waals surface area contributed by atoms with Crippen LogP contribution < -0.4 is 15.6 Å². The first-order valence-corrected chi connectivity index (χ1v) is 10.1. The average Bonchev–Trinajstić information content (AvgIpc) is 2.79. The van der Waals surface area contributed by atoms with Crippen molar-refractivity contribution in [2.75, 3.05) is 7.11 Å². The normalized spacial score (nSPS) is 15.9. The van der Waals surface area contributed by atoms with Gasteiger partial charge in [-0.1, -0.05) is 42.5 Å². The van der Waals surface area contributed by atoms with Crippen molar-refractivity contribution in [2.24, 2.45) is 0 Å². The maximum absolute atomic E-state index is 13.3. The minimum absolute atomic E-state index is 0.0684. The lowest BCUT2D eigenvalue weighted by Gasteiger charge is -2.27. The summed E-state index contributed by atoms with van der Waals surface area (Å²) in [5.74, 6) is 0.453. The number of hydrogen-bond donors (Lipinski definition) is 1. The topological polar surface area (TPSA) is 60.3 Å². The Morgan fingerprint density at radius 3 is 2.60 bits per heavy atom. The number of fused-ring (bicyclic) bond motifs is 1. The van der Waals surface area contributed by atoms with Crippen LogP contribution in [0, 0.1) is 0 Å². The highest BCUT2D eigenvalue weighted by Crippen LogP contribution is 2.30. The molecule has 0 saturated carbocycles. The van der Waals surface area contributed by atoms with Crippen molar-refractivity contribution in [1.29, 1.82) is 0 Å². The van der Waals surface area contributed by atoms with Crippen molar-refractivity contribution in [1.82, 2.24) is 9.88 Å². The first-order chi connectivity index (χ1) is 14.7. The van der Waals surface area contributed by atoms with Crippen molar-refractivity contribution in [3.63, 3.8) is 0 Å². The summed E-state index contributed by atoms with van der Waals surface area (Å²) in [6.45, 7) is 0. The molecule has 1 atom stereocenters. The molecular formula is C25H24N2O3. The van der Waals surface area contributed by atoms with E-state index in [1.807, 2.05) is 36.4 Å². The van der Waals surface area contributed by atoms with E-state index in [-0.39, 0.29) is 23.2 Å². The molecule has 0 aliphatic heterocycles. The second-order valence-electron chi connectivity index (χ2n) is 7.33. The van der Waals surface area contributed by atoms with Gasteiger partial charge in [-0.3, -0.25) is 14.2 Å². The Kier molecular flexibility index (Phi) is 5.80. The number of carbonyl (C=O) groups is 1. The highest BCUT2D eigenvalue weighted by Gasteiger charge is 2.23. The van der Waals surface area contributed by atoms with Crippen LogP contribution in [0.1, 0.15) is 35.6 Å². The van der Waals surface area contributed by atoms with Crippen molar-refractivity contribution < 1.29 is 9.53 Å². The Morgan fingerprint density at radius 2 is 1.83 bits per heavy atom. The maximum Gasteiger partial charge on any atom is 0.268 e. The van der Waals surface area contributed by atoms with E-state index in [0.29, 0.717) is 0 Å². The fraction of sp³-hybridized carbons (Fsp3) is 0.200. The second-order valence-corrected chi connectivity index (χ2v) is 7.33. The lowest BCUT2D eigenvalue weighted by atomic mass is 9.87. The van der Waals surface area contributed by atoms with Gasteiger partial charge in [0.2, 0.25) is 0 Å². The summed E-state index contributed by atoms with van der Waals surface area (Å²) in [4.78, 5) is 25.8. The van der Waals surface area contributed by atoms with Gasteiger partial charge in [-0.05, 0) is 60.2 Å². The van der Waals surface area contributed by atoms with Gasteiger partial charge in [-0.2, -0.15) is 0 Å². The molecule has 3 aromatic rings. The van der Waals surface area contributed by atoms with Gasteiger partial charge in [0.25, 0.3) is 11.5 Å². The summed E-state index contributed by atoms with van der Waals surface area (Å²) in [5.41, 5.74) is 3.26. The molecule has 1 aromatic heterocycles. The molecule has 30 heavy (non-hydrogen) atoms. The first kappa shape index (κ1) is 19.7. The molecule has 5 heteroatoms. The second kappa shape index (κ2) is 8.82. The van der Waals surface area contributed by atoms with E-state index in [0.717, 1.165) is 36.1 Å². The van der Waals surface area contributed by atoms with Gasteiger partial charge >= 0.3 is 0 Å². The fourth-order valence-electron chi connectivity index (χ4n) is 3.86. The van der Waals surface area contributed by atoms with Crippen LogP contribution in [0.15, 0.2) is 77.7 Å². The van der Waals surface area contributed by atoms with E-state index in [4.69, 9.17) is 4.74 Å². The third kappa shape index (κ3) is 4.20. The summed E-state index contributed by atoms with van der Waals surface area (Å²) >= 11 is 0. The van der Waals surface area contributed by atoms with Crippen LogP contribution in [-0.2, 0) is 11.2 Å². The van der Waals surface area contributed by atoms with Crippen molar-refractivity contribution >= 4 is 17.7 Å². The number of nitrogens with one attached hydrogen (secondary N) is 1. The zero-order chi connectivity index (χ0) is 20.9. The van der Waals surface area contributed by atoms with Crippen LogP contribution in [0.3, 0.4) is 0 Å². The summed E-state index contributed by atoms with van der Waals surface area (Å²) in [6, 6.07) is 20.4. The number of rotatable bonds is 5. The number of benzene rings is 2. The SMILES string of the molecule is COc1ccc(C=C(C(=O)NC2CCCc3ccccc32)n2ccccc2=O)cc1. The molecule has 1 aliphatic rings. The van der Waals surface area contributed by atoms with E-state index in [1.54, 1.807) is 31.5 Å². The molecule has 2 aromatic carbocycles. The standard InChI is InChI=1S/C25H24N2O3/c1-30-20-14-12-18(13-15-20)17-23(27-16-5-4-11-24(27)28)25(29)26-22-10-6-8-19-7-2-3-9-21(19)22/h2-5,7,9,11-17,22H,6,8,10H2,1H3,(H,26,29). The fourth-order valence-corrected chi connectivity index (χ4v) is 3.86. The largest absolute Gasteiger partial charge is 0.497 e. The average molecular weight is 400 g/mol. The number of aryl methyl sites for hydroxylation is 1. The van der Waals surface area contributed by atoms with Crippen LogP contribution in [0.5, 0.6) is 5.75 Å². The minimum atomic E-state index is -0.277. The summed E-state index contributed by atoms with van der Waals surface area (Å²) in [6.07, 6.45) is 6.26. The summed E-state index contributed by atoms with van der Waals surface area (Å²) in [7, 11) is 1.61.